The van der Waals surface area contributed by atoms with Crippen LogP contribution in [0.15, 0.2) is 60.8 Å². The molecule has 0 aliphatic carbocycles. The van der Waals surface area contributed by atoms with Crippen LogP contribution < -0.4 is 4.74 Å². The first-order valence-corrected chi connectivity index (χ1v) is 9.17. The molecule has 1 aromatic heterocycles. The van der Waals surface area contributed by atoms with E-state index >= 15 is 0 Å². The van der Waals surface area contributed by atoms with Gasteiger partial charge in [-0.15, -0.1) is 0 Å². The van der Waals surface area contributed by atoms with Crippen molar-refractivity contribution < 1.29 is 19.4 Å². The minimum atomic E-state index is -0.939. The first kappa shape index (κ1) is 19.6. The lowest BCUT2D eigenvalue weighted by atomic mass is 9.96. The van der Waals surface area contributed by atoms with Gasteiger partial charge in [-0.2, -0.15) is 0 Å². The molecule has 0 atom stereocenters. The summed E-state index contributed by atoms with van der Waals surface area (Å²) in [4.78, 5) is 15.9. The molecular formula is C23H23NO4. The van der Waals surface area contributed by atoms with Crippen molar-refractivity contribution in [3.8, 4) is 28.1 Å². The predicted molar refractivity (Wildman–Crippen MR) is 109 cm³/mol. The molecular weight excluding hydrogens is 354 g/mol. The lowest BCUT2D eigenvalue weighted by Gasteiger charge is -2.13. The Morgan fingerprint density at radius 1 is 1.04 bits per heavy atom. The Balaban J connectivity index is 2.03. The van der Waals surface area contributed by atoms with Gasteiger partial charge in [0, 0.05) is 23.9 Å². The number of carboxylic acids is 1. The van der Waals surface area contributed by atoms with E-state index in [9.17, 15) is 4.79 Å². The zero-order valence-corrected chi connectivity index (χ0v) is 16.0. The monoisotopic (exact) mass is 377 g/mol. The summed E-state index contributed by atoms with van der Waals surface area (Å²) in [5.41, 5.74) is 5.01. The second kappa shape index (κ2) is 9.15. The molecule has 0 fully saturated rings. The number of benzene rings is 2. The molecule has 28 heavy (non-hydrogen) atoms. The highest BCUT2D eigenvalue weighted by Crippen LogP contribution is 2.32. The molecule has 2 aromatic carbocycles. The largest absolute Gasteiger partial charge is 0.497 e. The molecule has 0 saturated carbocycles. The van der Waals surface area contributed by atoms with Gasteiger partial charge < -0.3 is 14.6 Å². The summed E-state index contributed by atoms with van der Waals surface area (Å²) in [6.07, 6.45) is 2.64. The molecule has 3 aromatic rings. The van der Waals surface area contributed by atoms with Crippen molar-refractivity contribution in [3.63, 3.8) is 0 Å². The third kappa shape index (κ3) is 4.56. The molecule has 0 bridgehead atoms. The number of rotatable bonds is 8. The van der Waals surface area contributed by atoms with Crippen LogP contribution >= 0.6 is 0 Å². The number of hydrogen-bond donors (Lipinski definition) is 1. The molecule has 5 nitrogen and oxygen atoms in total. The maximum atomic E-state index is 11.2. The molecule has 0 unspecified atom stereocenters. The lowest BCUT2D eigenvalue weighted by Crippen LogP contribution is -2.00. The van der Waals surface area contributed by atoms with Crippen LogP contribution in [-0.4, -0.2) is 36.4 Å². The quantitative estimate of drug-likeness (QED) is 0.576. The third-order valence-electron chi connectivity index (χ3n) is 4.49. The summed E-state index contributed by atoms with van der Waals surface area (Å²) in [5.74, 6) is -0.157. The molecule has 0 saturated heterocycles. The Kier molecular flexibility index (Phi) is 6.40. The highest BCUT2D eigenvalue weighted by molar-refractivity contribution is 5.89. The molecule has 1 heterocycles. The zero-order valence-electron chi connectivity index (χ0n) is 16.0. The fourth-order valence-electron chi connectivity index (χ4n) is 2.97. The summed E-state index contributed by atoms with van der Waals surface area (Å²) < 4.78 is 10.7. The van der Waals surface area contributed by atoms with Crippen LogP contribution in [0.5, 0.6) is 5.75 Å². The van der Waals surface area contributed by atoms with E-state index in [2.05, 4.69) is 6.07 Å². The van der Waals surface area contributed by atoms with E-state index in [-0.39, 0.29) is 5.56 Å². The number of ether oxygens (including phenoxy) is 2. The van der Waals surface area contributed by atoms with E-state index in [0.29, 0.717) is 13.2 Å². The van der Waals surface area contributed by atoms with Gasteiger partial charge in [-0.1, -0.05) is 12.1 Å². The van der Waals surface area contributed by atoms with Gasteiger partial charge >= 0.3 is 5.97 Å². The Bertz CT molecular complexity index is 934. The van der Waals surface area contributed by atoms with E-state index in [4.69, 9.17) is 19.6 Å². The Labute approximate surface area is 164 Å². The van der Waals surface area contributed by atoms with Gasteiger partial charge in [-0.3, -0.25) is 4.98 Å². The molecule has 0 aliphatic rings. The topological polar surface area (TPSA) is 68.7 Å². The molecule has 5 heteroatoms. The lowest BCUT2D eigenvalue weighted by molar-refractivity contribution is 0.0697. The first-order chi connectivity index (χ1) is 13.6. The number of nitrogens with zero attached hydrogens (tertiary/aromatic N) is 1. The number of aromatic carboxylic acids is 1. The second-order valence-electron chi connectivity index (χ2n) is 6.30. The number of pyridine rings is 1. The van der Waals surface area contributed by atoms with Crippen LogP contribution in [0, 0.1) is 0 Å². The van der Waals surface area contributed by atoms with Crippen molar-refractivity contribution in [2.45, 2.75) is 13.3 Å². The van der Waals surface area contributed by atoms with Crippen LogP contribution in [0.2, 0.25) is 0 Å². The minimum Gasteiger partial charge on any atom is -0.497 e. The summed E-state index contributed by atoms with van der Waals surface area (Å²) in [5, 5.41) is 9.15. The van der Waals surface area contributed by atoms with E-state index in [1.807, 2.05) is 49.5 Å². The first-order valence-electron chi connectivity index (χ1n) is 9.17. The van der Waals surface area contributed by atoms with Crippen LogP contribution in [-0.2, 0) is 11.2 Å². The summed E-state index contributed by atoms with van der Waals surface area (Å²) in [6, 6.07) is 16.7. The third-order valence-corrected chi connectivity index (χ3v) is 4.49. The van der Waals surface area contributed by atoms with Crippen molar-refractivity contribution in [1.29, 1.82) is 0 Å². The number of carboxylic acid groups (broad SMARTS) is 1. The fraction of sp³-hybridized carbons (Fsp3) is 0.217. The van der Waals surface area contributed by atoms with E-state index < -0.39 is 5.97 Å². The number of carbonyl (C=O) groups is 1. The Hall–Kier alpha value is -3.18. The average molecular weight is 377 g/mol. The van der Waals surface area contributed by atoms with Gasteiger partial charge in [-0.25, -0.2) is 4.79 Å². The van der Waals surface area contributed by atoms with E-state index in [1.165, 1.54) is 0 Å². The maximum Gasteiger partial charge on any atom is 0.335 e. The molecule has 3 rings (SSSR count). The van der Waals surface area contributed by atoms with Crippen LogP contribution in [0.3, 0.4) is 0 Å². The number of methoxy groups -OCH3 is 1. The van der Waals surface area contributed by atoms with Gasteiger partial charge in [0.2, 0.25) is 0 Å². The predicted octanol–water partition coefficient (Wildman–Crippen LogP) is 4.70. The number of hydrogen-bond acceptors (Lipinski definition) is 4. The van der Waals surface area contributed by atoms with Gasteiger partial charge in [0.25, 0.3) is 0 Å². The Morgan fingerprint density at radius 3 is 2.32 bits per heavy atom. The van der Waals surface area contributed by atoms with Crippen molar-refractivity contribution >= 4 is 5.97 Å². The minimum absolute atomic E-state index is 0.259. The smallest absolute Gasteiger partial charge is 0.335 e. The second-order valence-corrected chi connectivity index (χ2v) is 6.30. The van der Waals surface area contributed by atoms with Gasteiger partial charge in [0.05, 0.1) is 25.0 Å². The van der Waals surface area contributed by atoms with Gasteiger partial charge in [-0.05, 0) is 66.9 Å². The molecule has 144 valence electrons. The summed E-state index contributed by atoms with van der Waals surface area (Å²) in [6.45, 7) is 3.29. The maximum absolute atomic E-state index is 11.2. The fourth-order valence-corrected chi connectivity index (χ4v) is 2.97. The van der Waals surface area contributed by atoms with Crippen molar-refractivity contribution in [1.82, 2.24) is 4.98 Å². The summed E-state index contributed by atoms with van der Waals surface area (Å²) >= 11 is 0. The van der Waals surface area contributed by atoms with E-state index in [1.54, 1.807) is 19.2 Å². The zero-order chi connectivity index (χ0) is 19.9. The number of aromatic nitrogens is 1. The van der Waals surface area contributed by atoms with Crippen LogP contribution in [0.25, 0.3) is 22.4 Å². The molecule has 0 amide bonds. The average Bonchev–Trinajstić information content (AvgIpc) is 2.74. The molecule has 0 aliphatic heterocycles. The van der Waals surface area contributed by atoms with Gasteiger partial charge in [0.15, 0.2) is 0 Å². The SMILES string of the molecule is CCOCCc1cnc(-c2ccc(OC)cc2)c(-c2ccc(C(=O)O)cc2)c1. The van der Waals surface area contributed by atoms with Crippen LogP contribution in [0.4, 0.5) is 0 Å². The van der Waals surface area contributed by atoms with E-state index in [0.717, 1.165) is 40.1 Å². The Morgan fingerprint density at radius 2 is 1.71 bits per heavy atom. The van der Waals surface area contributed by atoms with Gasteiger partial charge in [0.1, 0.15) is 5.75 Å². The molecule has 0 spiro atoms. The molecule has 0 radical (unpaired) electrons. The normalized spacial score (nSPS) is 10.6. The molecule has 1 N–H and O–H groups in total. The van der Waals surface area contributed by atoms with Crippen molar-refractivity contribution in [2.75, 3.05) is 20.3 Å². The van der Waals surface area contributed by atoms with Crippen LogP contribution in [0.1, 0.15) is 22.8 Å². The van der Waals surface area contributed by atoms with Crippen molar-refractivity contribution in [3.05, 3.63) is 71.9 Å². The standard InChI is InChI=1S/C23H23NO4/c1-3-28-13-12-16-14-21(17-4-6-19(7-5-17)23(25)26)22(24-15-16)18-8-10-20(27-2)11-9-18/h4-11,14-15H,3,12-13H2,1-2H3,(H,25,26). The highest BCUT2D eigenvalue weighted by Gasteiger charge is 2.12. The highest BCUT2D eigenvalue weighted by atomic mass is 16.5. The summed E-state index contributed by atoms with van der Waals surface area (Å²) in [7, 11) is 1.63. The van der Waals surface area contributed by atoms with Crippen molar-refractivity contribution in [2.24, 2.45) is 0 Å².